The number of aryl methyl sites for hydroxylation is 1. The minimum absolute atomic E-state index is 0.467. The van der Waals surface area contributed by atoms with Crippen molar-refractivity contribution in [3.63, 3.8) is 0 Å². The number of rotatable bonds is 8. The highest BCUT2D eigenvalue weighted by atomic mass is 15.5. The van der Waals surface area contributed by atoms with Gasteiger partial charge in [-0.15, -0.1) is 5.10 Å². The molecule has 1 N–H and O–H groups in total. The van der Waals surface area contributed by atoms with Crippen molar-refractivity contribution in [3.05, 3.63) is 78.3 Å². The summed E-state index contributed by atoms with van der Waals surface area (Å²) >= 11 is 0. The summed E-state index contributed by atoms with van der Waals surface area (Å²) in [6.07, 6.45) is 2.68. The normalized spacial score (nSPS) is 11.8. The van der Waals surface area contributed by atoms with E-state index < -0.39 is 0 Å². The summed E-state index contributed by atoms with van der Waals surface area (Å²) < 4.78 is 1.87. The van der Waals surface area contributed by atoms with E-state index in [-0.39, 0.29) is 0 Å². The number of hydrogen-bond acceptors (Lipinski definition) is 5. The van der Waals surface area contributed by atoms with Crippen molar-refractivity contribution >= 4 is 23.4 Å². The number of aliphatic imine (C=N–C) groups is 1. The number of anilines is 1. The monoisotopic (exact) mass is 360 g/mol. The van der Waals surface area contributed by atoms with Crippen LogP contribution in [-0.2, 0) is 13.1 Å². The first kappa shape index (κ1) is 18.4. The molecule has 0 aliphatic carbocycles. The summed E-state index contributed by atoms with van der Waals surface area (Å²) in [7, 11) is 1.86. The van der Waals surface area contributed by atoms with Crippen molar-refractivity contribution in [2.45, 2.75) is 20.0 Å². The number of fused-ring (bicyclic) bond motifs is 1. The van der Waals surface area contributed by atoms with E-state index in [0.717, 1.165) is 29.0 Å². The minimum Gasteiger partial charge on any atom is -0.373 e. The van der Waals surface area contributed by atoms with Gasteiger partial charge >= 0.3 is 0 Å². The first-order valence-electron chi connectivity index (χ1n) is 8.87. The fraction of sp³-hybridized carbons (Fsp3) is 0.190. The first-order valence-corrected chi connectivity index (χ1v) is 8.87. The zero-order chi connectivity index (χ0) is 19.2. The molecule has 0 spiro atoms. The Bertz CT molecular complexity index is 958. The quantitative estimate of drug-likeness (QED) is 0.491. The summed E-state index contributed by atoms with van der Waals surface area (Å²) in [6, 6.07) is 16.4. The van der Waals surface area contributed by atoms with E-state index >= 15 is 0 Å². The molecule has 0 saturated carbocycles. The maximum Gasteiger partial charge on any atom is 0.134 e. The van der Waals surface area contributed by atoms with E-state index in [1.165, 1.54) is 5.56 Å². The number of allylic oxidation sites excluding steroid dienone is 1. The van der Waals surface area contributed by atoms with E-state index in [9.17, 15) is 0 Å². The second-order valence-corrected chi connectivity index (χ2v) is 6.01. The average Bonchev–Trinajstić information content (AvgIpc) is 3.13. The predicted octanol–water partition coefficient (Wildman–Crippen LogP) is 3.73. The Kier molecular flexibility index (Phi) is 5.66. The molecular weight excluding hydrogens is 336 g/mol. The Morgan fingerprint density at radius 3 is 2.59 bits per heavy atom. The molecule has 0 saturated heterocycles. The topological polar surface area (TPSA) is 58.3 Å². The smallest absolute Gasteiger partial charge is 0.134 e. The molecule has 1 aromatic heterocycles. The summed E-state index contributed by atoms with van der Waals surface area (Å²) in [5, 5.41) is 11.8. The number of para-hydroxylation sites is 1. The fourth-order valence-electron chi connectivity index (χ4n) is 2.99. The van der Waals surface area contributed by atoms with Crippen molar-refractivity contribution in [1.82, 2.24) is 20.3 Å². The van der Waals surface area contributed by atoms with E-state index in [1.807, 2.05) is 36.0 Å². The van der Waals surface area contributed by atoms with Crippen molar-refractivity contribution in [1.29, 1.82) is 0 Å². The van der Waals surface area contributed by atoms with Crippen molar-refractivity contribution in [2.75, 3.05) is 11.9 Å². The van der Waals surface area contributed by atoms with Gasteiger partial charge in [0, 0.05) is 12.7 Å². The molecule has 0 atom stereocenters. The molecule has 27 heavy (non-hydrogen) atoms. The van der Waals surface area contributed by atoms with Gasteiger partial charge in [0.2, 0.25) is 0 Å². The molecule has 0 aliphatic rings. The largest absolute Gasteiger partial charge is 0.373 e. The van der Waals surface area contributed by atoms with Crippen LogP contribution in [0.4, 0.5) is 5.69 Å². The van der Waals surface area contributed by atoms with Crippen LogP contribution in [0.5, 0.6) is 0 Å². The van der Waals surface area contributed by atoms with Crippen molar-refractivity contribution in [3.8, 4) is 0 Å². The molecule has 1 heterocycles. The van der Waals surface area contributed by atoms with Crippen LogP contribution < -0.4 is 10.2 Å². The zero-order valence-corrected chi connectivity index (χ0v) is 15.8. The maximum absolute atomic E-state index is 4.32. The van der Waals surface area contributed by atoms with Gasteiger partial charge in [-0.1, -0.05) is 43.0 Å². The predicted molar refractivity (Wildman–Crippen MR) is 112 cm³/mol. The lowest BCUT2D eigenvalue weighted by Crippen LogP contribution is -2.33. The molecular formula is C21H24N6. The number of nitrogens with zero attached hydrogens (tertiary/aromatic N) is 5. The molecule has 0 fully saturated rings. The number of hydrogen-bond donors (Lipinski definition) is 1. The maximum atomic E-state index is 4.32. The molecule has 0 amide bonds. The van der Waals surface area contributed by atoms with E-state index in [1.54, 1.807) is 6.08 Å². The van der Waals surface area contributed by atoms with E-state index in [2.05, 4.69) is 70.0 Å². The number of benzene rings is 2. The third-order valence-electron chi connectivity index (χ3n) is 4.46. The molecule has 0 bridgehead atoms. The van der Waals surface area contributed by atoms with Gasteiger partial charge in [0.25, 0.3) is 0 Å². The lowest BCUT2D eigenvalue weighted by molar-refractivity contribution is 0.587. The number of aromatic nitrogens is 3. The molecule has 0 aliphatic heterocycles. The van der Waals surface area contributed by atoms with E-state index in [0.29, 0.717) is 12.4 Å². The second-order valence-electron chi connectivity index (χ2n) is 6.01. The summed E-state index contributed by atoms with van der Waals surface area (Å²) in [5.41, 5.74) is 4.79. The van der Waals surface area contributed by atoms with Gasteiger partial charge in [0.1, 0.15) is 23.7 Å². The number of nitrogens with one attached hydrogen (secondary N) is 1. The van der Waals surface area contributed by atoms with Crippen LogP contribution in [0.25, 0.3) is 11.0 Å². The third-order valence-corrected chi connectivity index (χ3v) is 4.46. The second kappa shape index (κ2) is 8.31. The SMILES string of the molecule is C=C/C(N=C)=C(\NC)N(Cn1nnc2ccccc21)c1ccc(CC)cc1. The van der Waals surface area contributed by atoms with Crippen molar-refractivity contribution < 1.29 is 0 Å². The van der Waals surface area contributed by atoms with E-state index in [4.69, 9.17) is 0 Å². The van der Waals surface area contributed by atoms with Crippen LogP contribution in [0.15, 0.2) is 77.7 Å². The molecule has 6 heteroatoms. The Morgan fingerprint density at radius 1 is 1.22 bits per heavy atom. The standard InChI is InChI=1S/C21H24N6/c1-5-16-11-13-17(14-12-16)26(21(23-4)18(6-2)22-3)15-27-20-10-8-7-9-19(20)24-25-27/h6-14,23H,2-3,5,15H2,1,4H3/b21-18-. The molecule has 3 rings (SSSR count). The Morgan fingerprint density at radius 2 is 1.96 bits per heavy atom. The van der Waals surface area contributed by atoms with Crippen LogP contribution in [0.3, 0.4) is 0 Å². The third kappa shape index (κ3) is 3.74. The summed E-state index contributed by atoms with van der Waals surface area (Å²) in [5.74, 6) is 0.795. The molecule has 2 aromatic carbocycles. The molecule has 0 unspecified atom stereocenters. The molecule has 3 aromatic rings. The highest BCUT2D eigenvalue weighted by molar-refractivity contribution is 5.74. The average molecular weight is 360 g/mol. The highest BCUT2D eigenvalue weighted by Gasteiger charge is 2.17. The van der Waals surface area contributed by atoms with Crippen LogP contribution in [-0.4, -0.2) is 28.8 Å². The van der Waals surface area contributed by atoms with Gasteiger partial charge in [-0.05, 0) is 49.0 Å². The van der Waals surface area contributed by atoms with Crippen molar-refractivity contribution in [2.24, 2.45) is 4.99 Å². The molecule has 0 radical (unpaired) electrons. The lowest BCUT2D eigenvalue weighted by atomic mass is 10.1. The Balaban J connectivity index is 2.09. The molecule has 6 nitrogen and oxygen atoms in total. The lowest BCUT2D eigenvalue weighted by Gasteiger charge is -2.28. The van der Waals surface area contributed by atoms with Crippen LogP contribution in [0, 0.1) is 0 Å². The van der Waals surface area contributed by atoms with Gasteiger partial charge in [-0.3, -0.25) is 4.99 Å². The Hall–Kier alpha value is -3.41. The highest BCUT2D eigenvalue weighted by Crippen LogP contribution is 2.23. The van der Waals surface area contributed by atoms with Gasteiger partial charge < -0.3 is 10.2 Å². The van der Waals surface area contributed by atoms with Gasteiger partial charge in [-0.2, -0.15) is 0 Å². The minimum atomic E-state index is 0.467. The summed E-state index contributed by atoms with van der Waals surface area (Å²) in [6.45, 7) is 10.1. The van der Waals surface area contributed by atoms with Crippen LogP contribution >= 0.6 is 0 Å². The van der Waals surface area contributed by atoms with Gasteiger partial charge in [0.15, 0.2) is 0 Å². The van der Waals surface area contributed by atoms with Gasteiger partial charge in [-0.25, -0.2) is 4.68 Å². The first-order chi connectivity index (χ1) is 13.2. The Labute approximate surface area is 159 Å². The van der Waals surface area contributed by atoms with Crippen LogP contribution in [0.1, 0.15) is 12.5 Å². The van der Waals surface area contributed by atoms with Gasteiger partial charge in [0.05, 0.1) is 5.52 Å². The zero-order valence-electron chi connectivity index (χ0n) is 15.8. The molecule has 138 valence electrons. The fourth-order valence-corrected chi connectivity index (χ4v) is 2.99. The summed E-state index contributed by atoms with van der Waals surface area (Å²) in [4.78, 5) is 6.20. The van der Waals surface area contributed by atoms with Crippen LogP contribution in [0.2, 0.25) is 0 Å².